The zero-order valence-corrected chi connectivity index (χ0v) is 10.2. The van der Waals surface area contributed by atoms with Crippen LogP contribution in [0.1, 0.15) is 24.0 Å². The molecule has 0 saturated heterocycles. The highest BCUT2D eigenvalue weighted by molar-refractivity contribution is 5.10. The van der Waals surface area contributed by atoms with E-state index in [0.29, 0.717) is 0 Å². The van der Waals surface area contributed by atoms with E-state index in [0.717, 1.165) is 24.4 Å². The van der Waals surface area contributed by atoms with Crippen molar-refractivity contribution in [1.82, 2.24) is 20.0 Å². The predicted molar refractivity (Wildman–Crippen MR) is 65.8 cm³/mol. The number of nitrogens with two attached hydrogens (primary N) is 1. The van der Waals surface area contributed by atoms with Gasteiger partial charge in [0.15, 0.2) is 0 Å². The molecule has 1 atom stereocenters. The molecule has 2 aromatic rings. The molecule has 0 amide bonds. The first-order chi connectivity index (χ1) is 8.70. The summed E-state index contributed by atoms with van der Waals surface area (Å²) in [4.78, 5) is 8.27. The monoisotopic (exact) mass is 249 g/mol. The van der Waals surface area contributed by atoms with Crippen molar-refractivity contribution in [2.45, 2.75) is 18.9 Å². The minimum atomic E-state index is -0.348. The molecule has 0 aliphatic heterocycles. The standard InChI is InChI=1S/C12H16FN5/c1-18-7-6-15-12(18)5-4-11(17-14)10-3-2-9(13)8-16-10/h2-3,6-8,11,17H,4-5,14H2,1H3. The molecule has 0 aliphatic carbocycles. The Labute approximate surface area is 105 Å². The Hall–Kier alpha value is -1.79. The molecule has 18 heavy (non-hydrogen) atoms. The van der Waals surface area contributed by atoms with E-state index in [2.05, 4.69) is 15.4 Å². The molecule has 0 aliphatic rings. The van der Waals surface area contributed by atoms with Crippen molar-refractivity contribution >= 4 is 0 Å². The zero-order valence-electron chi connectivity index (χ0n) is 10.2. The Kier molecular flexibility index (Phi) is 4.01. The van der Waals surface area contributed by atoms with Gasteiger partial charge in [0.1, 0.15) is 11.6 Å². The number of aryl methyl sites for hydroxylation is 2. The third kappa shape index (κ3) is 2.91. The number of hydrogen-bond donors (Lipinski definition) is 2. The minimum Gasteiger partial charge on any atom is -0.338 e. The van der Waals surface area contributed by atoms with Crippen molar-refractivity contribution in [3.8, 4) is 0 Å². The van der Waals surface area contributed by atoms with Crippen LogP contribution in [0.3, 0.4) is 0 Å². The van der Waals surface area contributed by atoms with Crippen molar-refractivity contribution in [2.24, 2.45) is 12.9 Å². The summed E-state index contributed by atoms with van der Waals surface area (Å²) >= 11 is 0. The van der Waals surface area contributed by atoms with E-state index in [9.17, 15) is 4.39 Å². The Balaban J connectivity index is 2.01. The van der Waals surface area contributed by atoms with Crippen LogP contribution in [0, 0.1) is 5.82 Å². The molecule has 2 aromatic heterocycles. The van der Waals surface area contributed by atoms with Gasteiger partial charge in [-0.3, -0.25) is 16.3 Å². The van der Waals surface area contributed by atoms with Gasteiger partial charge in [-0.2, -0.15) is 0 Å². The number of imidazole rings is 1. The first-order valence-electron chi connectivity index (χ1n) is 5.74. The molecule has 2 rings (SSSR count). The van der Waals surface area contributed by atoms with Crippen LogP contribution in [-0.4, -0.2) is 14.5 Å². The molecule has 0 saturated carbocycles. The number of pyridine rings is 1. The van der Waals surface area contributed by atoms with E-state index >= 15 is 0 Å². The molecule has 1 unspecified atom stereocenters. The van der Waals surface area contributed by atoms with E-state index in [4.69, 9.17) is 5.84 Å². The van der Waals surface area contributed by atoms with Crippen molar-refractivity contribution in [2.75, 3.05) is 0 Å². The summed E-state index contributed by atoms with van der Waals surface area (Å²) in [7, 11) is 1.95. The fourth-order valence-corrected chi connectivity index (χ4v) is 1.82. The minimum absolute atomic E-state index is 0.109. The van der Waals surface area contributed by atoms with Crippen LogP contribution >= 0.6 is 0 Å². The smallest absolute Gasteiger partial charge is 0.141 e. The zero-order chi connectivity index (χ0) is 13.0. The first-order valence-corrected chi connectivity index (χ1v) is 5.74. The Morgan fingerprint density at radius 3 is 2.83 bits per heavy atom. The van der Waals surface area contributed by atoms with Gasteiger partial charge < -0.3 is 4.57 Å². The van der Waals surface area contributed by atoms with Crippen LogP contribution in [0.25, 0.3) is 0 Å². The van der Waals surface area contributed by atoms with Crippen molar-refractivity contribution in [3.63, 3.8) is 0 Å². The van der Waals surface area contributed by atoms with Gasteiger partial charge in [-0.1, -0.05) is 0 Å². The van der Waals surface area contributed by atoms with E-state index in [-0.39, 0.29) is 11.9 Å². The number of nitrogens with one attached hydrogen (secondary N) is 1. The molecule has 96 valence electrons. The molecule has 0 fully saturated rings. The highest BCUT2D eigenvalue weighted by atomic mass is 19.1. The second-order valence-corrected chi connectivity index (χ2v) is 4.11. The van der Waals surface area contributed by atoms with E-state index in [1.807, 2.05) is 17.8 Å². The van der Waals surface area contributed by atoms with Crippen LogP contribution in [0.5, 0.6) is 0 Å². The van der Waals surface area contributed by atoms with Crippen LogP contribution in [0.15, 0.2) is 30.7 Å². The normalized spacial score (nSPS) is 12.6. The van der Waals surface area contributed by atoms with Gasteiger partial charge in [-0.25, -0.2) is 9.37 Å². The second kappa shape index (κ2) is 5.70. The van der Waals surface area contributed by atoms with Crippen LogP contribution in [0.2, 0.25) is 0 Å². The maximum absolute atomic E-state index is 12.8. The third-order valence-corrected chi connectivity index (χ3v) is 2.89. The quantitative estimate of drug-likeness (QED) is 0.615. The maximum atomic E-state index is 12.8. The Morgan fingerprint density at radius 2 is 2.28 bits per heavy atom. The number of aromatic nitrogens is 3. The molecule has 0 aromatic carbocycles. The molecule has 3 N–H and O–H groups in total. The predicted octanol–water partition coefficient (Wildman–Crippen LogP) is 1.09. The lowest BCUT2D eigenvalue weighted by Crippen LogP contribution is -2.29. The number of nitrogens with zero attached hydrogens (tertiary/aromatic N) is 3. The van der Waals surface area contributed by atoms with E-state index in [1.165, 1.54) is 12.3 Å². The topological polar surface area (TPSA) is 68.8 Å². The summed E-state index contributed by atoms with van der Waals surface area (Å²) < 4.78 is 14.8. The molecular weight excluding hydrogens is 233 g/mol. The fourth-order valence-electron chi connectivity index (χ4n) is 1.82. The average molecular weight is 249 g/mol. The SMILES string of the molecule is Cn1ccnc1CCC(NN)c1ccc(F)cn1. The molecule has 0 spiro atoms. The molecule has 2 heterocycles. The van der Waals surface area contributed by atoms with Crippen molar-refractivity contribution < 1.29 is 4.39 Å². The second-order valence-electron chi connectivity index (χ2n) is 4.11. The van der Waals surface area contributed by atoms with Gasteiger partial charge >= 0.3 is 0 Å². The lowest BCUT2D eigenvalue weighted by Gasteiger charge is -2.14. The summed E-state index contributed by atoms with van der Waals surface area (Å²) in [5.74, 6) is 6.14. The summed E-state index contributed by atoms with van der Waals surface area (Å²) in [6.07, 6.45) is 6.38. The summed E-state index contributed by atoms with van der Waals surface area (Å²) in [5.41, 5.74) is 3.43. The summed E-state index contributed by atoms with van der Waals surface area (Å²) in [5, 5.41) is 0. The number of halogens is 1. The van der Waals surface area contributed by atoms with Crippen LogP contribution in [-0.2, 0) is 13.5 Å². The lowest BCUT2D eigenvalue weighted by molar-refractivity contribution is 0.492. The molecule has 0 bridgehead atoms. The van der Waals surface area contributed by atoms with Gasteiger partial charge in [-0.05, 0) is 18.6 Å². The number of hydrogen-bond acceptors (Lipinski definition) is 4. The average Bonchev–Trinajstić information content (AvgIpc) is 2.78. The summed E-state index contributed by atoms with van der Waals surface area (Å²) in [6, 6.07) is 2.91. The van der Waals surface area contributed by atoms with Crippen molar-refractivity contribution in [3.05, 3.63) is 48.1 Å². The van der Waals surface area contributed by atoms with Gasteiger partial charge in [0.2, 0.25) is 0 Å². The highest BCUT2D eigenvalue weighted by Gasteiger charge is 2.12. The molecule has 6 heteroatoms. The highest BCUT2D eigenvalue weighted by Crippen LogP contribution is 2.16. The molecule has 0 radical (unpaired) electrons. The van der Waals surface area contributed by atoms with E-state index in [1.54, 1.807) is 12.3 Å². The van der Waals surface area contributed by atoms with Crippen molar-refractivity contribution in [1.29, 1.82) is 0 Å². The van der Waals surface area contributed by atoms with E-state index < -0.39 is 0 Å². The fraction of sp³-hybridized carbons (Fsp3) is 0.333. The number of rotatable bonds is 5. The first kappa shape index (κ1) is 12.7. The van der Waals surface area contributed by atoms with Gasteiger partial charge in [-0.15, -0.1) is 0 Å². The Bertz CT molecular complexity index is 493. The van der Waals surface area contributed by atoms with Crippen LogP contribution < -0.4 is 11.3 Å². The lowest BCUT2D eigenvalue weighted by atomic mass is 10.1. The maximum Gasteiger partial charge on any atom is 0.141 e. The molecular formula is C12H16FN5. The van der Waals surface area contributed by atoms with Gasteiger partial charge in [0, 0.05) is 25.9 Å². The van der Waals surface area contributed by atoms with Gasteiger partial charge in [0.05, 0.1) is 17.9 Å². The number of hydrazine groups is 1. The van der Waals surface area contributed by atoms with Crippen LogP contribution in [0.4, 0.5) is 4.39 Å². The van der Waals surface area contributed by atoms with Gasteiger partial charge in [0.25, 0.3) is 0 Å². The Morgan fingerprint density at radius 1 is 1.44 bits per heavy atom. The molecule has 5 nitrogen and oxygen atoms in total. The largest absolute Gasteiger partial charge is 0.338 e. The summed E-state index contributed by atoms with van der Waals surface area (Å²) in [6.45, 7) is 0. The third-order valence-electron chi connectivity index (χ3n) is 2.89.